The summed E-state index contributed by atoms with van der Waals surface area (Å²) < 4.78 is 17.0. The second kappa shape index (κ2) is 8.05. The molecule has 4 rings (SSSR count). The Morgan fingerprint density at radius 2 is 2.00 bits per heavy atom. The molecule has 1 fully saturated rings. The van der Waals surface area contributed by atoms with Crippen molar-refractivity contribution in [2.24, 2.45) is 0 Å². The Bertz CT molecular complexity index is 760. The van der Waals surface area contributed by atoms with Crippen molar-refractivity contribution in [2.45, 2.75) is 50.4 Å². The highest BCUT2D eigenvalue weighted by atomic mass is 16.6. The number of aliphatic hydroxyl groups is 1. The van der Waals surface area contributed by atoms with Crippen LogP contribution >= 0.6 is 0 Å². The number of carbonyl (C=O) groups is 1. The molecule has 144 valence electrons. The largest absolute Gasteiger partial charge is 0.485 e. The van der Waals surface area contributed by atoms with Crippen molar-refractivity contribution in [3.63, 3.8) is 0 Å². The van der Waals surface area contributed by atoms with E-state index in [1.54, 1.807) is 18.4 Å². The summed E-state index contributed by atoms with van der Waals surface area (Å²) in [4.78, 5) is 15.1. The Morgan fingerprint density at radius 1 is 1.15 bits per heavy atom. The van der Waals surface area contributed by atoms with Gasteiger partial charge in [0.1, 0.15) is 18.5 Å². The lowest BCUT2D eigenvalue weighted by Crippen LogP contribution is -2.50. The van der Waals surface area contributed by atoms with Crippen molar-refractivity contribution < 1.29 is 23.8 Å². The number of likely N-dealkylation sites (tertiary alicyclic amines) is 1. The summed E-state index contributed by atoms with van der Waals surface area (Å²) in [5.41, 5.74) is 0. The van der Waals surface area contributed by atoms with E-state index in [2.05, 4.69) is 0 Å². The molecule has 0 unspecified atom stereocenters. The Balaban J connectivity index is 1.48. The number of hydrogen-bond acceptors (Lipinski definition) is 5. The van der Waals surface area contributed by atoms with E-state index in [-0.39, 0.29) is 18.6 Å². The van der Waals surface area contributed by atoms with E-state index in [0.717, 1.165) is 25.7 Å². The van der Waals surface area contributed by atoms with Gasteiger partial charge in [-0.1, -0.05) is 25.0 Å². The van der Waals surface area contributed by atoms with Crippen molar-refractivity contribution >= 4 is 5.91 Å². The number of amides is 1. The Kier molecular flexibility index (Phi) is 5.34. The first kappa shape index (κ1) is 17.9. The van der Waals surface area contributed by atoms with E-state index in [4.69, 9.17) is 13.9 Å². The number of hydrogen-bond donors (Lipinski definition) is 1. The summed E-state index contributed by atoms with van der Waals surface area (Å²) in [7, 11) is 0. The molecule has 6 heteroatoms. The molecule has 0 saturated carbocycles. The third-order valence-corrected chi connectivity index (χ3v) is 5.31. The number of carbonyl (C=O) groups excluding carboxylic acids is 1. The average Bonchev–Trinajstić information content (AvgIpc) is 3.15. The summed E-state index contributed by atoms with van der Waals surface area (Å²) in [6, 6.07) is 10.9. The lowest BCUT2D eigenvalue weighted by molar-refractivity contribution is -0.144. The van der Waals surface area contributed by atoms with Crippen molar-refractivity contribution in [3.8, 4) is 11.5 Å². The zero-order chi connectivity index (χ0) is 18.6. The molecule has 0 spiro atoms. The Morgan fingerprint density at radius 3 is 2.81 bits per heavy atom. The van der Waals surface area contributed by atoms with Crippen LogP contribution in [-0.4, -0.2) is 41.2 Å². The molecule has 0 aliphatic carbocycles. The van der Waals surface area contributed by atoms with E-state index in [0.29, 0.717) is 30.2 Å². The first-order valence-electron chi connectivity index (χ1n) is 9.63. The number of nitrogens with zero attached hydrogens (tertiary/aromatic N) is 1. The quantitative estimate of drug-likeness (QED) is 0.893. The molecule has 6 nitrogen and oxygen atoms in total. The lowest BCUT2D eigenvalue weighted by Gasteiger charge is -2.35. The van der Waals surface area contributed by atoms with E-state index in [1.165, 1.54) is 0 Å². The predicted molar refractivity (Wildman–Crippen MR) is 98.6 cm³/mol. The van der Waals surface area contributed by atoms with Gasteiger partial charge >= 0.3 is 0 Å². The van der Waals surface area contributed by atoms with Gasteiger partial charge in [-0.15, -0.1) is 0 Å². The van der Waals surface area contributed by atoms with Gasteiger partial charge in [0.25, 0.3) is 5.91 Å². The molecule has 2 aliphatic rings. The molecule has 1 aromatic carbocycles. The van der Waals surface area contributed by atoms with E-state index >= 15 is 0 Å². The van der Waals surface area contributed by atoms with E-state index in [1.807, 2.05) is 29.2 Å². The molecule has 3 heterocycles. The van der Waals surface area contributed by atoms with E-state index in [9.17, 15) is 9.90 Å². The summed E-state index contributed by atoms with van der Waals surface area (Å²) >= 11 is 0. The van der Waals surface area contributed by atoms with Gasteiger partial charge in [-0.05, 0) is 37.1 Å². The van der Waals surface area contributed by atoms with Crippen molar-refractivity contribution in [2.75, 3.05) is 13.2 Å². The van der Waals surface area contributed by atoms with Crippen LogP contribution in [0.5, 0.6) is 11.5 Å². The second-order valence-electron chi connectivity index (χ2n) is 7.17. The SMILES string of the molecule is O=C([C@@H]1COc2ccccc2O1)N1CCCCC[C@@H]1C[C@H](O)c1ccco1. The Hall–Kier alpha value is -2.47. The van der Waals surface area contributed by atoms with Crippen molar-refractivity contribution in [1.82, 2.24) is 4.90 Å². The lowest BCUT2D eigenvalue weighted by atomic mass is 10.0. The molecule has 1 aromatic heterocycles. The monoisotopic (exact) mass is 371 g/mol. The zero-order valence-corrected chi connectivity index (χ0v) is 15.3. The van der Waals surface area contributed by atoms with Crippen LogP contribution in [0.1, 0.15) is 44.0 Å². The maximum absolute atomic E-state index is 13.2. The van der Waals surface area contributed by atoms with Gasteiger partial charge in [0.15, 0.2) is 11.5 Å². The fourth-order valence-corrected chi connectivity index (χ4v) is 3.89. The summed E-state index contributed by atoms with van der Waals surface area (Å²) in [5.74, 6) is 1.74. The molecular formula is C21H25NO5. The number of ether oxygens (including phenoxy) is 2. The summed E-state index contributed by atoms with van der Waals surface area (Å²) in [6.45, 7) is 0.885. The van der Waals surface area contributed by atoms with Crippen LogP contribution < -0.4 is 9.47 Å². The zero-order valence-electron chi connectivity index (χ0n) is 15.3. The third-order valence-electron chi connectivity index (χ3n) is 5.31. The first-order valence-corrected chi connectivity index (χ1v) is 9.63. The maximum atomic E-state index is 13.2. The van der Waals surface area contributed by atoms with Crippen LogP contribution in [0.3, 0.4) is 0 Å². The van der Waals surface area contributed by atoms with Crippen LogP contribution in [-0.2, 0) is 4.79 Å². The van der Waals surface area contributed by atoms with Crippen molar-refractivity contribution in [1.29, 1.82) is 0 Å². The molecule has 0 bridgehead atoms. The molecule has 27 heavy (non-hydrogen) atoms. The normalized spacial score (nSPS) is 23.5. The van der Waals surface area contributed by atoms with Gasteiger partial charge < -0.3 is 23.9 Å². The minimum atomic E-state index is -0.720. The van der Waals surface area contributed by atoms with Crippen LogP contribution in [0.25, 0.3) is 0 Å². The third kappa shape index (κ3) is 3.95. The molecule has 0 radical (unpaired) electrons. The molecular weight excluding hydrogens is 346 g/mol. The first-order chi connectivity index (χ1) is 13.2. The number of fused-ring (bicyclic) bond motifs is 1. The fourth-order valence-electron chi connectivity index (χ4n) is 3.89. The molecule has 1 N–H and O–H groups in total. The van der Waals surface area contributed by atoms with Gasteiger partial charge in [0.05, 0.1) is 6.26 Å². The smallest absolute Gasteiger partial charge is 0.267 e. The fraction of sp³-hybridized carbons (Fsp3) is 0.476. The number of benzene rings is 1. The highest BCUT2D eigenvalue weighted by molar-refractivity contribution is 5.82. The number of para-hydroxylation sites is 2. The molecule has 2 aliphatic heterocycles. The van der Waals surface area contributed by atoms with Gasteiger partial charge in [-0.25, -0.2) is 0 Å². The molecule has 1 amide bonds. The molecule has 2 aromatic rings. The van der Waals surface area contributed by atoms with Crippen LogP contribution in [0, 0.1) is 0 Å². The predicted octanol–water partition coefficient (Wildman–Crippen LogP) is 3.31. The highest BCUT2D eigenvalue weighted by Crippen LogP contribution is 2.33. The molecule has 3 atom stereocenters. The van der Waals surface area contributed by atoms with Gasteiger partial charge in [0.2, 0.25) is 6.10 Å². The van der Waals surface area contributed by atoms with Crippen LogP contribution in [0.15, 0.2) is 47.1 Å². The van der Waals surface area contributed by atoms with Crippen LogP contribution in [0.4, 0.5) is 0 Å². The average molecular weight is 371 g/mol. The van der Waals surface area contributed by atoms with Crippen molar-refractivity contribution in [3.05, 3.63) is 48.4 Å². The summed E-state index contributed by atoms with van der Waals surface area (Å²) in [6.07, 6.45) is 4.61. The second-order valence-corrected chi connectivity index (χ2v) is 7.17. The van der Waals surface area contributed by atoms with Crippen LogP contribution in [0.2, 0.25) is 0 Å². The maximum Gasteiger partial charge on any atom is 0.267 e. The van der Waals surface area contributed by atoms with Gasteiger partial charge in [0, 0.05) is 19.0 Å². The number of rotatable bonds is 4. The number of aliphatic hydroxyl groups excluding tert-OH is 1. The van der Waals surface area contributed by atoms with Gasteiger partial charge in [-0.2, -0.15) is 0 Å². The number of furan rings is 1. The minimum absolute atomic E-state index is 0.0409. The standard InChI is InChI=1S/C21H25NO5/c23-16(17-10-6-12-25-17)13-15-7-2-1-5-11-22(15)21(24)20-14-26-18-8-3-4-9-19(18)27-20/h3-4,6,8-10,12,15-16,20,23H,1-2,5,7,11,13-14H2/t15-,16+,20+/m1/s1. The Labute approximate surface area is 158 Å². The minimum Gasteiger partial charge on any atom is -0.485 e. The highest BCUT2D eigenvalue weighted by Gasteiger charge is 2.36. The molecule has 1 saturated heterocycles. The van der Waals surface area contributed by atoms with Gasteiger partial charge in [-0.3, -0.25) is 4.79 Å². The topological polar surface area (TPSA) is 72.1 Å². The summed E-state index contributed by atoms with van der Waals surface area (Å²) in [5, 5.41) is 10.5. The van der Waals surface area contributed by atoms with E-state index < -0.39 is 12.2 Å².